The maximum Gasteiger partial charge on any atom is 0.245 e. The first-order valence-corrected chi connectivity index (χ1v) is 4.76. The third kappa shape index (κ3) is 1.63. The minimum atomic E-state index is -1.09. The van der Waals surface area contributed by atoms with E-state index >= 15 is 0 Å². The normalized spacial score (nSPS) is 16.3. The molecule has 1 N–H and O–H groups in total. The molecule has 1 saturated carbocycles. The van der Waals surface area contributed by atoms with E-state index in [0.717, 1.165) is 12.1 Å². The number of halogens is 2. The molecule has 0 aromatic heterocycles. The van der Waals surface area contributed by atoms with Crippen molar-refractivity contribution < 1.29 is 13.6 Å². The average molecular weight is 222 g/mol. The van der Waals surface area contributed by atoms with E-state index in [1.807, 2.05) is 6.07 Å². The summed E-state index contributed by atoms with van der Waals surface area (Å²) in [4.78, 5) is 11.6. The van der Waals surface area contributed by atoms with Gasteiger partial charge in [-0.05, 0) is 25.0 Å². The number of amides is 1. The molecular weight excluding hydrogens is 214 g/mol. The smallest absolute Gasteiger partial charge is 0.245 e. The molecule has 2 rings (SSSR count). The quantitative estimate of drug-likeness (QED) is 0.833. The van der Waals surface area contributed by atoms with Gasteiger partial charge in [-0.25, -0.2) is 8.78 Å². The van der Waals surface area contributed by atoms with E-state index < -0.39 is 28.6 Å². The zero-order chi connectivity index (χ0) is 11.8. The zero-order valence-corrected chi connectivity index (χ0v) is 8.26. The van der Waals surface area contributed by atoms with E-state index in [2.05, 4.69) is 5.32 Å². The molecule has 1 aromatic carbocycles. The van der Waals surface area contributed by atoms with E-state index in [-0.39, 0.29) is 0 Å². The van der Waals surface area contributed by atoms with Crippen molar-refractivity contribution in [3.05, 3.63) is 29.8 Å². The van der Waals surface area contributed by atoms with Gasteiger partial charge in [-0.1, -0.05) is 6.07 Å². The maximum absolute atomic E-state index is 13.2. The van der Waals surface area contributed by atoms with Crippen LogP contribution in [0.3, 0.4) is 0 Å². The first-order chi connectivity index (χ1) is 7.59. The van der Waals surface area contributed by atoms with Crippen LogP contribution >= 0.6 is 0 Å². The third-order valence-electron chi connectivity index (χ3n) is 2.60. The van der Waals surface area contributed by atoms with Gasteiger partial charge in [0.05, 0.1) is 6.07 Å². The van der Waals surface area contributed by atoms with Crippen molar-refractivity contribution in [3.63, 3.8) is 0 Å². The van der Waals surface area contributed by atoms with Crippen molar-refractivity contribution >= 4 is 11.6 Å². The standard InChI is InChI=1S/C11H8F2N2O/c12-7-2-1-3-8(13)9(7)15-10(16)11(6-14)4-5-11/h1-3H,4-5H2,(H,15,16). The van der Waals surface area contributed by atoms with E-state index in [1.54, 1.807) is 0 Å². The Morgan fingerprint density at radius 2 is 1.94 bits per heavy atom. The molecule has 3 nitrogen and oxygen atoms in total. The molecule has 1 aliphatic rings. The summed E-state index contributed by atoms with van der Waals surface area (Å²) in [6.07, 6.45) is 0.872. The minimum absolute atomic E-state index is 0.436. The number of nitrogens with one attached hydrogen (secondary N) is 1. The van der Waals surface area contributed by atoms with Crippen molar-refractivity contribution in [2.24, 2.45) is 5.41 Å². The van der Waals surface area contributed by atoms with Crippen LogP contribution in [0.5, 0.6) is 0 Å². The Labute approximate surface area is 90.7 Å². The summed E-state index contributed by atoms with van der Waals surface area (Å²) in [5, 5.41) is 10.9. The highest BCUT2D eigenvalue weighted by Crippen LogP contribution is 2.45. The van der Waals surface area contributed by atoms with Crippen LogP contribution in [0, 0.1) is 28.4 Å². The number of carbonyl (C=O) groups is 1. The van der Waals surface area contributed by atoms with E-state index in [9.17, 15) is 13.6 Å². The molecule has 0 atom stereocenters. The fraction of sp³-hybridized carbons (Fsp3) is 0.273. The zero-order valence-electron chi connectivity index (χ0n) is 8.26. The van der Waals surface area contributed by atoms with Crippen molar-refractivity contribution in [3.8, 4) is 6.07 Å². The summed E-state index contributed by atoms with van der Waals surface area (Å²) >= 11 is 0. The Morgan fingerprint density at radius 1 is 1.38 bits per heavy atom. The molecule has 1 fully saturated rings. The number of nitrogens with zero attached hydrogens (tertiary/aromatic N) is 1. The lowest BCUT2D eigenvalue weighted by Crippen LogP contribution is -2.23. The topological polar surface area (TPSA) is 52.9 Å². The van der Waals surface area contributed by atoms with Crippen LogP contribution in [0.4, 0.5) is 14.5 Å². The van der Waals surface area contributed by atoms with Gasteiger partial charge in [0.15, 0.2) is 0 Å². The highest BCUT2D eigenvalue weighted by molar-refractivity contribution is 5.99. The number of anilines is 1. The molecule has 0 bridgehead atoms. The van der Waals surface area contributed by atoms with Crippen LogP contribution < -0.4 is 5.32 Å². The third-order valence-corrected chi connectivity index (χ3v) is 2.60. The lowest BCUT2D eigenvalue weighted by Gasteiger charge is -2.09. The second kappa shape index (κ2) is 3.56. The summed E-state index contributed by atoms with van der Waals surface area (Å²) in [5.74, 6) is -2.33. The Kier molecular flexibility index (Phi) is 2.35. The predicted molar refractivity (Wildman–Crippen MR) is 52.3 cm³/mol. The van der Waals surface area contributed by atoms with Gasteiger partial charge in [-0.2, -0.15) is 5.26 Å². The van der Waals surface area contributed by atoms with Crippen LogP contribution in [0.25, 0.3) is 0 Å². The lowest BCUT2D eigenvalue weighted by atomic mass is 10.1. The largest absolute Gasteiger partial charge is 0.320 e. The fourth-order valence-corrected chi connectivity index (χ4v) is 1.37. The SMILES string of the molecule is N#CC1(C(=O)Nc2c(F)cccc2F)CC1. The Hall–Kier alpha value is -1.96. The first-order valence-electron chi connectivity index (χ1n) is 4.76. The van der Waals surface area contributed by atoms with Crippen molar-refractivity contribution in [1.29, 1.82) is 5.26 Å². The van der Waals surface area contributed by atoms with Gasteiger partial charge >= 0.3 is 0 Å². The lowest BCUT2D eigenvalue weighted by molar-refractivity contribution is -0.119. The van der Waals surface area contributed by atoms with Crippen molar-refractivity contribution in [1.82, 2.24) is 0 Å². The number of carbonyl (C=O) groups excluding carboxylic acids is 1. The Morgan fingerprint density at radius 3 is 2.38 bits per heavy atom. The van der Waals surface area contributed by atoms with Crippen LogP contribution in [0.15, 0.2) is 18.2 Å². The summed E-state index contributed by atoms with van der Waals surface area (Å²) in [6.45, 7) is 0. The van der Waals surface area contributed by atoms with Gasteiger partial charge in [0.25, 0.3) is 0 Å². The van der Waals surface area contributed by atoms with E-state index in [1.165, 1.54) is 6.07 Å². The number of hydrogen-bond donors (Lipinski definition) is 1. The van der Waals surface area contributed by atoms with Crippen molar-refractivity contribution in [2.75, 3.05) is 5.32 Å². The molecule has 0 saturated heterocycles. The Balaban J connectivity index is 2.23. The summed E-state index contributed by atoms with van der Waals surface area (Å²) in [6, 6.07) is 5.15. The molecular formula is C11H8F2N2O. The average Bonchev–Trinajstić information content (AvgIpc) is 3.04. The Bertz CT molecular complexity index is 469. The molecule has 1 aliphatic carbocycles. The van der Waals surface area contributed by atoms with Gasteiger partial charge in [-0.3, -0.25) is 4.79 Å². The van der Waals surface area contributed by atoms with Gasteiger partial charge in [0.2, 0.25) is 5.91 Å². The number of benzene rings is 1. The highest BCUT2D eigenvalue weighted by Gasteiger charge is 2.51. The molecule has 0 aliphatic heterocycles. The summed E-state index contributed by atoms with van der Waals surface area (Å²) in [7, 11) is 0. The molecule has 1 amide bonds. The van der Waals surface area contributed by atoms with Gasteiger partial charge in [-0.15, -0.1) is 0 Å². The molecule has 1 aromatic rings. The van der Waals surface area contributed by atoms with Crippen molar-refractivity contribution in [2.45, 2.75) is 12.8 Å². The van der Waals surface area contributed by atoms with Gasteiger partial charge in [0.1, 0.15) is 22.7 Å². The monoisotopic (exact) mass is 222 g/mol. The second-order valence-corrected chi connectivity index (χ2v) is 3.74. The van der Waals surface area contributed by atoms with Gasteiger partial charge in [0, 0.05) is 0 Å². The molecule has 82 valence electrons. The van der Waals surface area contributed by atoms with Gasteiger partial charge < -0.3 is 5.32 Å². The van der Waals surface area contributed by atoms with E-state index in [4.69, 9.17) is 5.26 Å². The molecule has 0 unspecified atom stereocenters. The fourth-order valence-electron chi connectivity index (χ4n) is 1.37. The van der Waals surface area contributed by atoms with Crippen LogP contribution in [-0.4, -0.2) is 5.91 Å². The molecule has 16 heavy (non-hydrogen) atoms. The predicted octanol–water partition coefficient (Wildman–Crippen LogP) is 2.21. The molecule has 0 spiro atoms. The van der Waals surface area contributed by atoms with Crippen LogP contribution in [0.2, 0.25) is 0 Å². The maximum atomic E-state index is 13.2. The number of hydrogen-bond acceptors (Lipinski definition) is 2. The number of nitriles is 1. The first kappa shape index (κ1) is 10.6. The summed E-state index contributed by atoms with van der Waals surface area (Å²) in [5.41, 5.74) is -1.58. The highest BCUT2D eigenvalue weighted by atomic mass is 19.1. The molecule has 0 heterocycles. The second-order valence-electron chi connectivity index (χ2n) is 3.74. The minimum Gasteiger partial charge on any atom is -0.320 e. The molecule has 0 radical (unpaired) electrons. The van der Waals surface area contributed by atoms with Crippen LogP contribution in [-0.2, 0) is 4.79 Å². The summed E-state index contributed by atoms with van der Waals surface area (Å²) < 4.78 is 26.4. The number of rotatable bonds is 2. The molecule has 5 heteroatoms. The number of para-hydroxylation sites is 1. The van der Waals surface area contributed by atoms with E-state index in [0.29, 0.717) is 12.8 Å². The van der Waals surface area contributed by atoms with Crippen LogP contribution in [0.1, 0.15) is 12.8 Å².